The number of thiazole rings is 1. The van der Waals surface area contributed by atoms with Gasteiger partial charge in [-0.15, -0.1) is 11.3 Å². The van der Waals surface area contributed by atoms with E-state index in [-0.39, 0.29) is 6.04 Å². The van der Waals surface area contributed by atoms with Crippen molar-refractivity contribution in [1.29, 1.82) is 0 Å². The lowest BCUT2D eigenvalue weighted by Crippen LogP contribution is -2.38. The van der Waals surface area contributed by atoms with E-state index in [0.717, 1.165) is 34.0 Å². The van der Waals surface area contributed by atoms with Crippen molar-refractivity contribution in [3.63, 3.8) is 0 Å². The highest BCUT2D eigenvalue weighted by molar-refractivity contribution is 7.99. The van der Waals surface area contributed by atoms with Gasteiger partial charge in [0, 0.05) is 23.7 Å². The van der Waals surface area contributed by atoms with Gasteiger partial charge in [-0.1, -0.05) is 30.3 Å². The molecule has 5 rings (SSSR count). The molecule has 0 saturated carbocycles. The number of rotatable bonds is 4. The van der Waals surface area contributed by atoms with Crippen LogP contribution in [0.4, 0.5) is 17.6 Å². The van der Waals surface area contributed by atoms with E-state index < -0.39 is 5.69 Å². The summed E-state index contributed by atoms with van der Waals surface area (Å²) >= 11 is 3.48. The predicted octanol–water partition coefficient (Wildman–Crippen LogP) is 3.81. The quantitative estimate of drug-likeness (QED) is 0.517. The minimum atomic E-state index is -0.415. The van der Waals surface area contributed by atoms with Crippen LogP contribution in [0.15, 0.2) is 58.8 Å². The van der Waals surface area contributed by atoms with Crippen LogP contribution in [-0.4, -0.2) is 38.0 Å². The third-order valence-corrected chi connectivity index (χ3v) is 6.62. The average molecular weight is 423 g/mol. The van der Waals surface area contributed by atoms with Gasteiger partial charge in [-0.25, -0.2) is 9.78 Å². The third kappa shape index (κ3) is 3.83. The van der Waals surface area contributed by atoms with Gasteiger partial charge in [0.2, 0.25) is 11.9 Å². The van der Waals surface area contributed by atoms with E-state index in [1.54, 1.807) is 11.3 Å². The van der Waals surface area contributed by atoms with Crippen LogP contribution in [0.1, 0.15) is 11.6 Å². The lowest BCUT2D eigenvalue weighted by molar-refractivity contribution is 0.660. The van der Waals surface area contributed by atoms with Crippen LogP contribution in [0.5, 0.6) is 0 Å². The molecule has 0 spiro atoms. The fourth-order valence-electron chi connectivity index (χ4n) is 3.42. The van der Waals surface area contributed by atoms with E-state index in [2.05, 4.69) is 42.3 Å². The topological polar surface area (TPSA) is 86.8 Å². The number of nitrogens with zero attached hydrogens (tertiary/aromatic N) is 4. The van der Waals surface area contributed by atoms with Gasteiger partial charge in [-0.3, -0.25) is 4.98 Å². The first-order chi connectivity index (χ1) is 14.3. The Morgan fingerprint density at radius 3 is 2.93 bits per heavy atom. The zero-order valence-electron chi connectivity index (χ0n) is 15.4. The molecule has 1 fully saturated rings. The van der Waals surface area contributed by atoms with Gasteiger partial charge in [-0.2, -0.15) is 21.7 Å². The van der Waals surface area contributed by atoms with E-state index in [0.29, 0.717) is 11.9 Å². The summed E-state index contributed by atoms with van der Waals surface area (Å²) in [6.45, 7) is 0.792. The van der Waals surface area contributed by atoms with Crippen molar-refractivity contribution >= 4 is 50.9 Å². The monoisotopic (exact) mass is 422 g/mol. The molecule has 9 heteroatoms. The molecule has 3 heterocycles. The Labute approximate surface area is 175 Å². The minimum absolute atomic E-state index is 0.137. The summed E-state index contributed by atoms with van der Waals surface area (Å²) in [7, 11) is 0. The van der Waals surface area contributed by atoms with Crippen molar-refractivity contribution in [1.82, 2.24) is 19.9 Å². The van der Waals surface area contributed by atoms with E-state index in [1.807, 2.05) is 53.7 Å². The Morgan fingerprint density at radius 2 is 2.03 bits per heavy atom. The Bertz CT molecular complexity index is 1190. The highest BCUT2D eigenvalue weighted by Crippen LogP contribution is 2.32. The van der Waals surface area contributed by atoms with Gasteiger partial charge in [0.1, 0.15) is 0 Å². The molecule has 7 nitrogen and oxygen atoms in total. The molecule has 1 aliphatic rings. The minimum Gasteiger partial charge on any atom is -0.332 e. The Hall–Kier alpha value is -2.91. The van der Waals surface area contributed by atoms with Gasteiger partial charge in [0.25, 0.3) is 0 Å². The number of hydrogen-bond donors (Lipinski definition) is 2. The van der Waals surface area contributed by atoms with E-state index in [1.165, 1.54) is 5.56 Å². The molecular weight excluding hydrogens is 404 g/mol. The molecule has 2 N–H and O–H groups in total. The molecular formula is C20H18N6OS2. The smallest absolute Gasteiger partial charge is 0.332 e. The standard InChI is InChI=1S/C20H18N6OS2/c27-20-24-18(22-14-6-7-15-17(10-14)29-12-21-15)23-19(25-20)26-8-9-28-11-16(26)13-4-2-1-3-5-13/h1-7,10,12,16H,8-9,11H2,(H2,22,23,24,25,27). The number of aromatic nitrogens is 4. The van der Waals surface area contributed by atoms with Gasteiger partial charge in [0.05, 0.1) is 21.8 Å². The second-order valence-electron chi connectivity index (χ2n) is 6.66. The highest BCUT2D eigenvalue weighted by Gasteiger charge is 2.27. The first-order valence-corrected chi connectivity index (χ1v) is 11.3. The number of fused-ring (bicyclic) bond motifs is 1. The van der Waals surface area contributed by atoms with Crippen LogP contribution in [0.2, 0.25) is 0 Å². The Balaban J connectivity index is 1.47. The van der Waals surface area contributed by atoms with Crippen molar-refractivity contribution in [3.05, 3.63) is 70.1 Å². The summed E-state index contributed by atoms with van der Waals surface area (Å²) in [5, 5.41) is 3.20. The molecule has 1 unspecified atom stereocenters. The second kappa shape index (κ2) is 7.84. The predicted molar refractivity (Wildman–Crippen MR) is 119 cm³/mol. The van der Waals surface area contributed by atoms with Gasteiger partial charge in [-0.05, 0) is 23.8 Å². The average Bonchev–Trinajstić information content (AvgIpc) is 3.22. The molecule has 146 valence electrons. The lowest BCUT2D eigenvalue weighted by atomic mass is 10.1. The molecule has 0 aliphatic carbocycles. The molecule has 0 bridgehead atoms. The fraction of sp³-hybridized carbons (Fsp3) is 0.200. The van der Waals surface area contributed by atoms with Crippen molar-refractivity contribution in [3.8, 4) is 0 Å². The number of nitrogens with one attached hydrogen (secondary N) is 2. The van der Waals surface area contributed by atoms with Crippen LogP contribution in [-0.2, 0) is 0 Å². The fourth-order valence-corrected chi connectivity index (χ4v) is 5.23. The molecule has 2 aromatic carbocycles. The zero-order valence-corrected chi connectivity index (χ0v) is 17.0. The normalized spacial score (nSPS) is 16.8. The van der Waals surface area contributed by atoms with Crippen LogP contribution >= 0.6 is 23.1 Å². The molecule has 0 radical (unpaired) electrons. The molecule has 1 aliphatic heterocycles. The lowest BCUT2D eigenvalue weighted by Gasteiger charge is -2.35. The van der Waals surface area contributed by atoms with Crippen LogP contribution in [0, 0.1) is 0 Å². The van der Waals surface area contributed by atoms with E-state index in [4.69, 9.17) is 0 Å². The zero-order chi connectivity index (χ0) is 19.6. The number of thioether (sulfide) groups is 1. The molecule has 2 aromatic heterocycles. The summed E-state index contributed by atoms with van der Waals surface area (Å²) in [6, 6.07) is 16.3. The summed E-state index contributed by atoms with van der Waals surface area (Å²) < 4.78 is 1.07. The van der Waals surface area contributed by atoms with Crippen LogP contribution in [0.25, 0.3) is 10.2 Å². The number of anilines is 3. The van der Waals surface area contributed by atoms with Crippen molar-refractivity contribution in [2.45, 2.75) is 6.04 Å². The van der Waals surface area contributed by atoms with Gasteiger partial charge in [0.15, 0.2) is 0 Å². The SMILES string of the molecule is O=c1nc(N2CCSCC2c2ccccc2)nc(Nc2ccc3ncsc3c2)[nH]1. The third-order valence-electron chi connectivity index (χ3n) is 4.80. The van der Waals surface area contributed by atoms with E-state index >= 15 is 0 Å². The molecule has 29 heavy (non-hydrogen) atoms. The van der Waals surface area contributed by atoms with Crippen molar-refractivity contribution in [2.24, 2.45) is 0 Å². The molecule has 4 aromatic rings. The first-order valence-electron chi connectivity index (χ1n) is 9.24. The number of H-pyrrole nitrogens is 1. The number of aromatic amines is 1. The summed E-state index contributed by atoms with van der Waals surface area (Å²) in [6.07, 6.45) is 0. The molecule has 0 amide bonds. The maximum absolute atomic E-state index is 12.3. The van der Waals surface area contributed by atoms with Gasteiger partial charge >= 0.3 is 5.69 Å². The first kappa shape index (κ1) is 18.1. The maximum atomic E-state index is 12.3. The van der Waals surface area contributed by atoms with E-state index in [9.17, 15) is 4.79 Å². The largest absolute Gasteiger partial charge is 0.351 e. The second-order valence-corrected chi connectivity index (χ2v) is 8.69. The van der Waals surface area contributed by atoms with Gasteiger partial charge < -0.3 is 10.2 Å². The Kier molecular flexibility index (Phi) is 4.91. The highest BCUT2D eigenvalue weighted by atomic mass is 32.2. The summed E-state index contributed by atoms with van der Waals surface area (Å²) in [5.41, 5.74) is 4.40. The Morgan fingerprint density at radius 1 is 1.14 bits per heavy atom. The van der Waals surface area contributed by atoms with Crippen molar-refractivity contribution in [2.75, 3.05) is 28.3 Å². The summed E-state index contributed by atoms with van der Waals surface area (Å²) in [4.78, 5) is 30.2. The van der Waals surface area contributed by atoms with Crippen LogP contribution < -0.4 is 15.9 Å². The summed E-state index contributed by atoms with van der Waals surface area (Å²) in [5.74, 6) is 2.74. The number of hydrogen-bond acceptors (Lipinski definition) is 8. The molecule has 1 saturated heterocycles. The number of benzene rings is 2. The van der Waals surface area contributed by atoms with Crippen molar-refractivity contribution < 1.29 is 0 Å². The maximum Gasteiger partial charge on any atom is 0.351 e. The molecule has 1 atom stereocenters. The van der Waals surface area contributed by atoms with Crippen LogP contribution in [0.3, 0.4) is 0 Å².